The molecule has 0 saturated carbocycles. The summed E-state index contributed by atoms with van der Waals surface area (Å²) in [6.07, 6.45) is 0. The fraction of sp³-hybridized carbons (Fsp3) is 0.176. The molecule has 24 heavy (non-hydrogen) atoms. The summed E-state index contributed by atoms with van der Waals surface area (Å²) in [6, 6.07) is 13.0. The molecule has 0 bridgehead atoms. The molecule has 3 nitrogen and oxygen atoms in total. The third-order valence-corrected chi connectivity index (χ3v) is 5.98. The number of aliphatic imine (C=N–C) groups is 1. The summed E-state index contributed by atoms with van der Waals surface area (Å²) in [7, 11) is 0. The van der Waals surface area contributed by atoms with Crippen LogP contribution in [-0.4, -0.2) is 23.4 Å². The first kappa shape index (κ1) is 17.7. The van der Waals surface area contributed by atoms with Crippen LogP contribution in [0.4, 0.5) is 0 Å². The van der Waals surface area contributed by atoms with Gasteiger partial charge in [0.15, 0.2) is 5.17 Å². The highest BCUT2D eigenvalue weighted by atomic mass is 35.5. The number of rotatable bonds is 4. The fourth-order valence-electron chi connectivity index (χ4n) is 2.13. The van der Waals surface area contributed by atoms with Crippen molar-refractivity contribution in [3.05, 3.63) is 63.6 Å². The predicted octanol–water partition coefficient (Wildman–Crippen LogP) is 5.12. The van der Waals surface area contributed by atoms with Crippen LogP contribution in [0.1, 0.15) is 15.9 Å². The van der Waals surface area contributed by atoms with Gasteiger partial charge in [-0.3, -0.25) is 9.79 Å². The maximum atomic E-state index is 12.3. The Kier molecular flexibility index (Phi) is 6.11. The SMILES string of the molecule is O=C(NC1=NCCS1)c1cccc(CSc2cc(Cl)ccc2Cl)c1. The molecule has 0 radical (unpaired) electrons. The van der Waals surface area contributed by atoms with E-state index in [9.17, 15) is 4.79 Å². The van der Waals surface area contributed by atoms with E-state index in [1.165, 1.54) is 0 Å². The molecule has 1 N–H and O–H groups in total. The molecular formula is C17H14Cl2N2OS2. The van der Waals surface area contributed by atoms with Crippen molar-refractivity contribution < 1.29 is 4.79 Å². The maximum absolute atomic E-state index is 12.3. The van der Waals surface area contributed by atoms with Gasteiger partial charge in [0.05, 0.1) is 11.6 Å². The predicted molar refractivity (Wildman–Crippen MR) is 105 cm³/mol. The van der Waals surface area contributed by atoms with Gasteiger partial charge in [-0.15, -0.1) is 11.8 Å². The lowest BCUT2D eigenvalue weighted by Crippen LogP contribution is -2.27. The van der Waals surface area contributed by atoms with Crippen molar-refractivity contribution >= 4 is 57.8 Å². The van der Waals surface area contributed by atoms with E-state index < -0.39 is 0 Å². The van der Waals surface area contributed by atoms with Gasteiger partial charge in [0.25, 0.3) is 5.91 Å². The number of nitrogens with zero attached hydrogens (tertiary/aromatic N) is 1. The second kappa shape index (κ2) is 8.30. The van der Waals surface area contributed by atoms with Crippen molar-refractivity contribution in [1.82, 2.24) is 5.32 Å². The number of nitrogens with one attached hydrogen (secondary N) is 1. The van der Waals surface area contributed by atoms with E-state index in [0.29, 0.717) is 26.5 Å². The molecule has 0 atom stereocenters. The van der Waals surface area contributed by atoms with E-state index in [1.54, 1.807) is 41.7 Å². The highest BCUT2D eigenvalue weighted by Crippen LogP contribution is 2.32. The first-order valence-corrected chi connectivity index (χ1v) is 10.00. The lowest BCUT2D eigenvalue weighted by molar-refractivity contribution is 0.0978. The topological polar surface area (TPSA) is 41.5 Å². The number of carbonyl (C=O) groups is 1. The lowest BCUT2D eigenvalue weighted by atomic mass is 10.1. The van der Waals surface area contributed by atoms with E-state index in [2.05, 4.69) is 10.3 Å². The highest BCUT2D eigenvalue weighted by molar-refractivity contribution is 8.14. The van der Waals surface area contributed by atoms with Crippen LogP contribution in [0.5, 0.6) is 0 Å². The molecule has 3 rings (SSSR count). The zero-order chi connectivity index (χ0) is 16.9. The lowest BCUT2D eigenvalue weighted by Gasteiger charge is -2.08. The highest BCUT2D eigenvalue weighted by Gasteiger charge is 2.13. The first-order valence-electron chi connectivity index (χ1n) is 7.27. The van der Waals surface area contributed by atoms with Crippen molar-refractivity contribution in [2.75, 3.05) is 12.3 Å². The van der Waals surface area contributed by atoms with Crippen molar-refractivity contribution in [3.63, 3.8) is 0 Å². The molecule has 0 aromatic heterocycles. The normalized spacial score (nSPS) is 13.7. The van der Waals surface area contributed by atoms with Gasteiger partial charge < -0.3 is 5.32 Å². The molecule has 0 spiro atoms. The minimum Gasteiger partial charge on any atom is -0.301 e. The largest absolute Gasteiger partial charge is 0.301 e. The quantitative estimate of drug-likeness (QED) is 0.729. The smallest absolute Gasteiger partial charge is 0.257 e. The second-order valence-corrected chi connectivity index (χ2v) is 8.00. The molecular weight excluding hydrogens is 383 g/mol. The zero-order valence-electron chi connectivity index (χ0n) is 12.6. The number of hydrogen-bond acceptors (Lipinski definition) is 4. The Balaban J connectivity index is 1.66. The van der Waals surface area contributed by atoms with E-state index in [1.807, 2.05) is 24.3 Å². The molecule has 1 aliphatic heterocycles. The Hall–Kier alpha value is -1.14. The Morgan fingerprint density at radius 2 is 2.12 bits per heavy atom. The molecule has 1 amide bonds. The maximum Gasteiger partial charge on any atom is 0.257 e. The number of halogens is 2. The molecule has 0 saturated heterocycles. The van der Waals surface area contributed by atoms with Gasteiger partial charge >= 0.3 is 0 Å². The molecule has 124 valence electrons. The zero-order valence-corrected chi connectivity index (χ0v) is 15.7. The number of amides is 1. The van der Waals surface area contributed by atoms with Crippen LogP contribution in [0.15, 0.2) is 52.4 Å². The number of benzene rings is 2. The van der Waals surface area contributed by atoms with Gasteiger partial charge in [-0.25, -0.2) is 0 Å². The van der Waals surface area contributed by atoms with Crippen LogP contribution in [0.3, 0.4) is 0 Å². The van der Waals surface area contributed by atoms with Crippen molar-refractivity contribution in [3.8, 4) is 0 Å². The van der Waals surface area contributed by atoms with Crippen LogP contribution in [0.2, 0.25) is 10.0 Å². The monoisotopic (exact) mass is 396 g/mol. The van der Waals surface area contributed by atoms with E-state index >= 15 is 0 Å². The van der Waals surface area contributed by atoms with Gasteiger partial charge in [0.1, 0.15) is 0 Å². The second-order valence-electron chi connectivity index (χ2n) is 5.05. The van der Waals surface area contributed by atoms with Gasteiger partial charge in [-0.2, -0.15) is 0 Å². The summed E-state index contributed by atoms with van der Waals surface area (Å²) in [5.74, 6) is 1.50. The summed E-state index contributed by atoms with van der Waals surface area (Å²) in [5.41, 5.74) is 1.67. The van der Waals surface area contributed by atoms with Crippen LogP contribution < -0.4 is 5.32 Å². The first-order chi connectivity index (χ1) is 11.6. The van der Waals surface area contributed by atoms with E-state index in [0.717, 1.165) is 22.8 Å². The van der Waals surface area contributed by atoms with Crippen LogP contribution in [0, 0.1) is 0 Å². The van der Waals surface area contributed by atoms with Crippen LogP contribution >= 0.6 is 46.7 Å². The van der Waals surface area contributed by atoms with Crippen LogP contribution in [0.25, 0.3) is 0 Å². The van der Waals surface area contributed by atoms with Crippen molar-refractivity contribution in [2.45, 2.75) is 10.6 Å². The summed E-state index contributed by atoms with van der Waals surface area (Å²) in [5, 5.41) is 4.87. The number of thioether (sulfide) groups is 2. The van der Waals surface area contributed by atoms with Gasteiger partial charge in [0, 0.05) is 27.0 Å². The third kappa shape index (κ3) is 4.70. The standard InChI is InChI=1S/C17H14Cl2N2OS2/c18-13-4-5-14(19)15(9-13)24-10-11-2-1-3-12(8-11)16(22)21-17-20-6-7-23-17/h1-5,8-9H,6-7,10H2,(H,20,21,22). The minimum atomic E-state index is -0.129. The number of amidine groups is 1. The van der Waals surface area contributed by atoms with E-state index in [-0.39, 0.29) is 5.91 Å². The average molecular weight is 397 g/mol. The Morgan fingerprint density at radius 3 is 2.92 bits per heavy atom. The average Bonchev–Trinajstić information content (AvgIpc) is 3.09. The number of hydrogen-bond donors (Lipinski definition) is 1. The van der Waals surface area contributed by atoms with Gasteiger partial charge in [0.2, 0.25) is 0 Å². The summed E-state index contributed by atoms with van der Waals surface area (Å²) in [6.45, 7) is 0.761. The molecule has 1 aliphatic rings. The van der Waals surface area contributed by atoms with Crippen LogP contribution in [-0.2, 0) is 5.75 Å². The van der Waals surface area contributed by atoms with Crippen molar-refractivity contribution in [2.24, 2.45) is 4.99 Å². The van der Waals surface area contributed by atoms with Crippen molar-refractivity contribution in [1.29, 1.82) is 0 Å². The molecule has 1 heterocycles. The molecule has 0 fully saturated rings. The summed E-state index contributed by atoms with van der Waals surface area (Å²) >= 11 is 15.3. The number of carbonyl (C=O) groups excluding carboxylic acids is 1. The summed E-state index contributed by atoms with van der Waals surface area (Å²) in [4.78, 5) is 17.4. The minimum absolute atomic E-state index is 0.129. The molecule has 0 unspecified atom stereocenters. The Morgan fingerprint density at radius 1 is 1.25 bits per heavy atom. The van der Waals surface area contributed by atoms with E-state index in [4.69, 9.17) is 23.2 Å². The molecule has 7 heteroatoms. The van der Waals surface area contributed by atoms with Gasteiger partial charge in [-0.05, 0) is 35.9 Å². The Labute approximate surface area is 159 Å². The Bertz CT molecular complexity index is 796. The van der Waals surface area contributed by atoms with Gasteiger partial charge in [-0.1, -0.05) is 47.1 Å². The molecule has 2 aromatic rings. The molecule has 2 aromatic carbocycles. The summed E-state index contributed by atoms with van der Waals surface area (Å²) < 4.78 is 0. The fourth-order valence-corrected chi connectivity index (χ4v) is 4.29. The third-order valence-electron chi connectivity index (χ3n) is 3.28. The molecule has 0 aliphatic carbocycles.